The number of fused-ring (bicyclic) bond motifs is 2. The zero-order valence-corrected chi connectivity index (χ0v) is 11.5. The van der Waals surface area contributed by atoms with E-state index in [0.717, 1.165) is 12.8 Å². The molecular weight excluding hydrogens is 244 g/mol. The number of carbonyl (C=O) groups excluding carboxylic acids is 1. The quantitative estimate of drug-likeness (QED) is 0.675. The standard InChI is InChI=1S/C14H24N2O3/c1-9(14(18)19)4-5-15-13(17)8-10-6-11-2-3-12(7-10)16-11/h9-12,16H,2-8H2,1H3,(H,15,17)(H,18,19). The van der Waals surface area contributed by atoms with Crippen LogP contribution in [0.4, 0.5) is 0 Å². The third-order valence-corrected chi connectivity index (χ3v) is 4.37. The molecule has 19 heavy (non-hydrogen) atoms. The van der Waals surface area contributed by atoms with Gasteiger partial charge in [-0.1, -0.05) is 6.92 Å². The normalized spacial score (nSPS) is 30.9. The summed E-state index contributed by atoms with van der Waals surface area (Å²) in [6, 6.07) is 1.23. The molecule has 2 heterocycles. The number of nitrogens with one attached hydrogen (secondary N) is 2. The van der Waals surface area contributed by atoms with Gasteiger partial charge in [0.05, 0.1) is 5.92 Å². The summed E-state index contributed by atoms with van der Waals surface area (Å²) in [6.45, 7) is 2.13. The topological polar surface area (TPSA) is 78.4 Å². The minimum absolute atomic E-state index is 0.0730. The lowest BCUT2D eigenvalue weighted by atomic mass is 9.89. The molecule has 0 aliphatic carbocycles. The molecule has 0 spiro atoms. The SMILES string of the molecule is CC(CCNC(=O)CC1CC2CCC(C1)N2)C(=O)O. The number of carboxylic acids is 1. The molecule has 0 aromatic carbocycles. The van der Waals surface area contributed by atoms with Gasteiger partial charge in [-0.15, -0.1) is 0 Å². The highest BCUT2D eigenvalue weighted by Gasteiger charge is 2.34. The highest BCUT2D eigenvalue weighted by Crippen LogP contribution is 2.32. The molecular formula is C14H24N2O3. The van der Waals surface area contributed by atoms with Crippen molar-refractivity contribution in [2.45, 2.75) is 57.5 Å². The molecule has 3 N–H and O–H groups in total. The van der Waals surface area contributed by atoms with Crippen molar-refractivity contribution in [3.8, 4) is 0 Å². The van der Waals surface area contributed by atoms with Crippen LogP contribution < -0.4 is 10.6 Å². The largest absolute Gasteiger partial charge is 0.481 e. The van der Waals surface area contributed by atoms with E-state index in [1.54, 1.807) is 6.92 Å². The predicted molar refractivity (Wildman–Crippen MR) is 71.7 cm³/mol. The van der Waals surface area contributed by atoms with Crippen LogP contribution in [0.15, 0.2) is 0 Å². The van der Waals surface area contributed by atoms with Crippen molar-refractivity contribution in [1.29, 1.82) is 0 Å². The van der Waals surface area contributed by atoms with Gasteiger partial charge in [0.2, 0.25) is 5.91 Å². The number of carbonyl (C=O) groups is 2. The van der Waals surface area contributed by atoms with Gasteiger partial charge in [0.25, 0.3) is 0 Å². The smallest absolute Gasteiger partial charge is 0.306 e. The lowest BCUT2D eigenvalue weighted by Gasteiger charge is -2.28. The third-order valence-electron chi connectivity index (χ3n) is 4.37. The first-order valence-electron chi connectivity index (χ1n) is 7.30. The van der Waals surface area contributed by atoms with E-state index in [0.29, 0.717) is 37.4 Å². The van der Waals surface area contributed by atoms with Gasteiger partial charge in [0, 0.05) is 25.0 Å². The van der Waals surface area contributed by atoms with Crippen molar-refractivity contribution in [3.05, 3.63) is 0 Å². The molecule has 2 saturated heterocycles. The molecule has 2 aliphatic heterocycles. The predicted octanol–water partition coefficient (Wildman–Crippen LogP) is 1.13. The minimum atomic E-state index is -0.802. The molecule has 5 nitrogen and oxygen atoms in total. The average Bonchev–Trinajstić information content (AvgIpc) is 2.68. The minimum Gasteiger partial charge on any atom is -0.481 e. The van der Waals surface area contributed by atoms with Crippen molar-refractivity contribution in [3.63, 3.8) is 0 Å². The van der Waals surface area contributed by atoms with Gasteiger partial charge in [0.15, 0.2) is 0 Å². The number of hydrogen-bond donors (Lipinski definition) is 3. The molecule has 3 unspecified atom stereocenters. The van der Waals surface area contributed by atoms with Gasteiger partial charge in [-0.2, -0.15) is 0 Å². The van der Waals surface area contributed by atoms with E-state index in [-0.39, 0.29) is 5.91 Å². The summed E-state index contributed by atoms with van der Waals surface area (Å²) >= 11 is 0. The molecule has 0 saturated carbocycles. The highest BCUT2D eigenvalue weighted by molar-refractivity contribution is 5.76. The monoisotopic (exact) mass is 268 g/mol. The van der Waals surface area contributed by atoms with Crippen LogP contribution in [0, 0.1) is 11.8 Å². The molecule has 5 heteroatoms. The summed E-state index contributed by atoms with van der Waals surface area (Å²) in [5, 5.41) is 15.2. The van der Waals surface area contributed by atoms with Crippen LogP contribution in [0.25, 0.3) is 0 Å². The van der Waals surface area contributed by atoms with E-state index in [4.69, 9.17) is 5.11 Å². The van der Waals surface area contributed by atoms with Crippen LogP contribution in [-0.2, 0) is 9.59 Å². The van der Waals surface area contributed by atoms with Crippen molar-refractivity contribution in [1.82, 2.24) is 10.6 Å². The van der Waals surface area contributed by atoms with Crippen LogP contribution in [0.5, 0.6) is 0 Å². The maximum absolute atomic E-state index is 11.8. The molecule has 2 aliphatic rings. The molecule has 2 bridgehead atoms. The van der Waals surface area contributed by atoms with E-state index in [9.17, 15) is 9.59 Å². The van der Waals surface area contributed by atoms with Gasteiger partial charge in [-0.05, 0) is 38.0 Å². The number of carboxylic acid groups (broad SMARTS) is 1. The Morgan fingerprint density at radius 1 is 1.32 bits per heavy atom. The average molecular weight is 268 g/mol. The number of amides is 1. The van der Waals surface area contributed by atoms with E-state index in [1.807, 2.05) is 0 Å². The van der Waals surface area contributed by atoms with Crippen molar-refractivity contribution < 1.29 is 14.7 Å². The lowest BCUT2D eigenvalue weighted by Crippen LogP contribution is -2.39. The Labute approximate surface area is 114 Å². The molecule has 2 fully saturated rings. The number of piperidine rings is 1. The Balaban J connectivity index is 1.63. The second kappa shape index (κ2) is 6.37. The van der Waals surface area contributed by atoms with E-state index in [1.165, 1.54) is 12.8 Å². The van der Waals surface area contributed by atoms with E-state index in [2.05, 4.69) is 10.6 Å². The van der Waals surface area contributed by atoms with Crippen LogP contribution in [0.1, 0.15) is 45.4 Å². The first kappa shape index (κ1) is 14.3. The summed E-state index contributed by atoms with van der Waals surface area (Å²) in [6.07, 6.45) is 5.80. The van der Waals surface area contributed by atoms with Gasteiger partial charge >= 0.3 is 5.97 Å². The molecule has 1 amide bonds. The van der Waals surface area contributed by atoms with Gasteiger partial charge in [-0.3, -0.25) is 9.59 Å². The van der Waals surface area contributed by atoms with Gasteiger partial charge < -0.3 is 15.7 Å². The van der Waals surface area contributed by atoms with Crippen LogP contribution in [-0.4, -0.2) is 35.6 Å². The second-order valence-electron chi connectivity index (χ2n) is 6.06. The fourth-order valence-electron chi connectivity index (χ4n) is 3.23. The molecule has 0 radical (unpaired) electrons. The summed E-state index contributed by atoms with van der Waals surface area (Å²) in [5.74, 6) is -0.626. The number of aliphatic carboxylic acids is 1. The van der Waals surface area contributed by atoms with Crippen molar-refractivity contribution in [2.24, 2.45) is 11.8 Å². The lowest BCUT2D eigenvalue weighted by molar-refractivity contribution is -0.141. The highest BCUT2D eigenvalue weighted by atomic mass is 16.4. The Morgan fingerprint density at radius 3 is 2.53 bits per heavy atom. The van der Waals surface area contributed by atoms with Crippen molar-refractivity contribution in [2.75, 3.05) is 6.54 Å². The van der Waals surface area contributed by atoms with Gasteiger partial charge in [-0.25, -0.2) is 0 Å². The molecule has 3 atom stereocenters. The molecule has 0 aromatic heterocycles. The van der Waals surface area contributed by atoms with Crippen LogP contribution in [0.3, 0.4) is 0 Å². The van der Waals surface area contributed by atoms with Crippen molar-refractivity contribution >= 4 is 11.9 Å². The first-order valence-corrected chi connectivity index (χ1v) is 7.30. The van der Waals surface area contributed by atoms with Gasteiger partial charge in [0.1, 0.15) is 0 Å². The maximum atomic E-state index is 11.8. The van der Waals surface area contributed by atoms with E-state index < -0.39 is 11.9 Å². The summed E-state index contributed by atoms with van der Waals surface area (Å²) in [7, 11) is 0. The Bertz CT molecular complexity index is 334. The maximum Gasteiger partial charge on any atom is 0.306 e. The number of rotatable bonds is 6. The van der Waals surface area contributed by atoms with Crippen LogP contribution >= 0.6 is 0 Å². The zero-order chi connectivity index (χ0) is 13.8. The van der Waals surface area contributed by atoms with Crippen LogP contribution in [0.2, 0.25) is 0 Å². The summed E-state index contributed by atoms with van der Waals surface area (Å²) < 4.78 is 0. The fourth-order valence-corrected chi connectivity index (χ4v) is 3.23. The third kappa shape index (κ3) is 4.20. The summed E-state index contributed by atoms with van der Waals surface area (Å²) in [5.41, 5.74) is 0. The number of hydrogen-bond acceptors (Lipinski definition) is 3. The Kier molecular flexibility index (Phi) is 4.80. The molecule has 108 valence electrons. The molecule has 0 aromatic rings. The summed E-state index contributed by atoms with van der Waals surface area (Å²) in [4.78, 5) is 22.5. The molecule has 2 rings (SSSR count). The van der Waals surface area contributed by atoms with E-state index >= 15 is 0 Å². The Morgan fingerprint density at radius 2 is 1.95 bits per heavy atom. The zero-order valence-electron chi connectivity index (χ0n) is 11.5. The Hall–Kier alpha value is -1.10. The second-order valence-corrected chi connectivity index (χ2v) is 6.06. The fraction of sp³-hybridized carbons (Fsp3) is 0.857. The first-order chi connectivity index (χ1) is 9.04.